The summed E-state index contributed by atoms with van der Waals surface area (Å²) < 4.78 is 2.33. The number of nitrogens with one attached hydrogen (secondary N) is 1. The van der Waals surface area contributed by atoms with E-state index in [4.69, 9.17) is 0 Å². The number of rotatable bonds is 1. The predicted molar refractivity (Wildman–Crippen MR) is 48.0 cm³/mol. The minimum absolute atomic E-state index is 0.416. The summed E-state index contributed by atoms with van der Waals surface area (Å²) in [5.74, 6) is 1.19. The molecule has 1 aromatic heterocycles. The van der Waals surface area contributed by atoms with Gasteiger partial charge in [-0.05, 0) is 13.3 Å². The lowest BCUT2D eigenvalue weighted by atomic mass is 10.2. The van der Waals surface area contributed by atoms with Gasteiger partial charge in [-0.15, -0.1) is 0 Å². The molecular weight excluding hydrogens is 150 g/mol. The summed E-state index contributed by atoms with van der Waals surface area (Å²) in [6.07, 6.45) is 3.08. The Bertz CT molecular complexity index is 277. The largest absolute Gasteiger partial charge is 0.329 e. The van der Waals surface area contributed by atoms with Gasteiger partial charge in [0.1, 0.15) is 5.82 Å². The summed E-state index contributed by atoms with van der Waals surface area (Å²) in [7, 11) is 0. The van der Waals surface area contributed by atoms with Crippen molar-refractivity contribution in [2.24, 2.45) is 0 Å². The standard InChI is InChI=1S/C9H15N3/c1-3-8-6-11-9-7(2)10-4-5-12(8)9/h6-7,10H,3-5H2,1-2H3. The first-order valence-electron chi connectivity index (χ1n) is 4.60. The van der Waals surface area contributed by atoms with Gasteiger partial charge < -0.3 is 9.88 Å². The molecule has 0 spiro atoms. The maximum Gasteiger partial charge on any atom is 0.125 e. The molecule has 2 rings (SSSR count). The molecule has 66 valence electrons. The molecule has 1 aromatic rings. The molecule has 3 heteroatoms. The summed E-state index contributed by atoms with van der Waals surface area (Å²) in [5.41, 5.74) is 1.36. The van der Waals surface area contributed by atoms with Gasteiger partial charge in [-0.1, -0.05) is 6.92 Å². The summed E-state index contributed by atoms with van der Waals surface area (Å²) in [5, 5.41) is 3.39. The van der Waals surface area contributed by atoms with Gasteiger partial charge in [0.15, 0.2) is 0 Å². The Labute approximate surface area is 72.8 Å². The topological polar surface area (TPSA) is 29.9 Å². The van der Waals surface area contributed by atoms with Crippen LogP contribution >= 0.6 is 0 Å². The lowest BCUT2D eigenvalue weighted by molar-refractivity contribution is 0.430. The molecular formula is C9H15N3. The van der Waals surface area contributed by atoms with Gasteiger partial charge in [-0.2, -0.15) is 0 Å². The maximum absolute atomic E-state index is 4.41. The first-order valence-corrected chi connectivity index (χ1v) is 4.60. The SMILES string of the molecule is CCc1cnc2n1CCNC2C. The number of hydrogen-bond donors (Lipinski definition) is 1. The Morgan fingerprint density at radius 3 is 3.33 bits per heavy atom. The van der Waals surface area contributed by atoms with Crippen LogP contribution in [0.25, 0.3) is 0 Å². The summed E-state index contributed by atoms with van der Waals surface area (Å²) in [4.78, 5) is 4.41. The van der Waals surface area contributed by atoms with Gasteiger partial charge in [0.2, 0.25) is 0 Å². The first kappa shape index (κ1) is 7.80. The van der Waals surface area contributed by atoms with Crippen LogP contribution in [-0.4, -0.2) is 16.1 Å². The molecule has 1 atom stereocenters. The van der Waals surface area contributed by atoms with Crippen LogP contribution in [0.5, 0.6) is 0 Å². The lowest BCUT2D eigenvalue weighted by Gasteiger charge is -2.22. The quantitative estimate of drug-likeness (QED) is 0.675. The second-order valence-electron chi connectivity index (χ2n) is 3.29. The number of aryl methyl sites for hydroxylation is 1. The highest BCUT2D eigenvalue weighted by molar-refractivity contribution is 5.10. The van der Waals surface area contributed by atoms with Crippen molar-refractivity contribution in [2.75, 3.05) is 6.54 Å². The zero-order chi connectivity index (χ0) is 8.55. The molecule has 0 aromatic carbocycles. The summed E-state index contributed by atoms with van der Waals surface area (Å²) >= 11 is 0. The molecule has 0 saturated heterocycles. The lowest BCUT2D eigenvalue weighted by Crippen LogP contribution is -2.32. The molecule has 0 aliphatic carbocycles. The number of aromatic nitrogens is 2. The molecule has 1 unspecified atom stereocenters. The van der Waals surface area contributed by atoms with E-state index in [9.17, 15) is 0 Å². The zero-order valence-electron chi connectivity index (χ0n) is 7.67. The van der Waals surface area contributed by atoms with Crippen molar-refractivity contribution in [1.82, 2.24) is 14.9 Å². The smallest absolute Gasteiger partial charge is 0.125 e. The van der Waals surface area contributed by atoms with E-state index in [-0.39, 0.29) is 0 Å². The molecule has 0 amide bonds. The monoisotopic (exact) mass is 165 g/mol. The van der Waals surface area contributed by atoms with E-state index in [1.807, 2.05) is 6.20 Å². The van der Waals surface area contributed by atoms with E-state index < -0.39 is 0 Å². The Hall–Kier alpha value is -0.830. The van der Waals surface area contributed by atoms with Crippen molar-refractivity contribution in [1.29, 1.82) is 0 Å². The Morgan fingerprint density at radius 1 is 1.75 bits per heavy atom. The van der Waals surface area contributed by atoms with Gasteiger partial charge in [0.05, 0.1) is 6.04 Å². The van der Waals surface area contributed by atoms with E-state index in [1.54, 1.807) is 0 Å². The average Bonchev–Trinajstić information content (AvgIpc) is 2.49. The molecule has 0 saturated carbocycles. The van der Waals surface area contributed by atoms with Crippen molar-refractivity contribution < 1.29 is 0 Å². The van der Waals surface area contributed by atoms with E-state index >= 15 is 0 Å². The Balaban J connectivity index is 2.41. The number of fused-ring (bicyclic) bond motifs is 1. The minimum atomic E-state index is 0.416. The number of hydrogen-bond acceptors (Lipinski definition) is 2. The van der Waals surface area contributed by atoms with Crippen LogP contribution in [-0.2, 0) is 13.0 Å². The second-order valence-corrected chi connectivity index (χ2v) is 3.29. The molecule has 0 bridgehead atoms. The van der Waals surface area contributed by atoms with Crippen LogP contribution in [0, 0.1) is 0 Å². The van der Waals surface area contributed by atoms with Gasteiger partial charge in [-0.25, -0.2) is 4.98 Å². The van der Waals surface area contributed by atoms with E-state index in [0.717, 1.165) is 19.5 Å². The van der Waals surface area contributed by atoms with Crippen LogP contribution in [0.1, 0.15) is 31.4 Å². The summed E-state index contributed by atoms with van der Waals surface area (Å²) in [6.45, 7) is 6.48. The predicted octanol–water partition coefficient (Wildman–Crippen LogP) is 1.11. The van der Waals surface area contributed by atoms with Gasteiger partial charge in [-0.3, -0.25) is 0 Å². The van der Waals surface area contributed by atoms with Crippen molar-refractivity contribution in [3.05, 3.63) is 17.7 Å². The summed E-state index contributed by atoms with van der Waals surface area (Å²) in [6, 6.07) is 0.416. The highest BCUT2D eigenvalue weighted by Crippen LogP contribution is 2.17. The average molecular weight is 165 g/mol. The van der Waals surface area contributed by atoms with Crippen molar-refractivity contribution in [3.8, 4) is 0 Å². The number of imidazole rings is 1. The Kier molecular flexibility index (Phi) is 1.89. The number of nitrogens with zero attached hydrogens (tertiary/aromatic N) is 2. The minimum Gasteiger partial charge on any atom is -0.329 e. The van der Waals surface area contributed by atoms with Crippen molar-refractivity contribution in [3.63, 3.8) is 0 Å². The van der Waals surface area contributed by atoms with Crippen LogP contribution in [0.15, 0.2) is 6.20 Å². The van der Waals surface area contributed by atoms with Gasteiger partial charge in [0.25, 0.3) is 0 Å². The molecule has 0 fully saturated rings. The molecule has 2 heterocycles. The molecule has 1 aliphatic rings. The van der Waals surface area contributed by atoms with E-state index in [0.29, 0.717) is 6.04 Å². The van der Waals surface area contributed by atoms with Crippen LogP contribution in [0.3, 0.4) is 0 Å². The van der Waals surface area contributed by atoms with E-state index in [1.165, 1.54) is 11.5 Å². The maximum atomic E-state index is 4.41. The fraction of sp³-hybridized carbons (Fsp3) is 0.667. The highest BCUT2D eigenvalue weighted by Gasteiger charge is 2.18. The van der Waals surface area contributed by atoms with Crippen LogP contribution < -0.4 is 5.32 Å². The molecule has 1 N–H and O–H groups in total. The van der Waals surface area contributed by atoms with Crippen LogP contribution in [0.4, 0.5) is 0 Å². The van der Waals surface area contributed by atoms with Crippen LogP contribution in [0.2, 0.25) is 0 Å². The van der Waals surface area contributed by atoms with E-state index in [2.05, 4.69) is 28.7 Å². The normalized spacial score (nSPS) is 22.3. The third-order valence-electron chi connectivity index (χ3n) is 2.50. The molecule has 1 aliphatic heterocycles. The fourth-order valence-corrected chi connectivity index (χ4v) is 1.80. The van der Waals surface area contributed by atoms with Crippen molar-refractivity contribution in [2.45, 2.75) is 32.9 Å². The van der Waals surface area contributed by atoms with Crippen molar-refractivity contribution >= 4 is 0 Å². The zero-order valence-corrected chi connectivity index (χ0v) is 7.67. The highest BCUT2D eigenvalue weighted by atomic mass is 15.2. The molecule has 0 radical (unpaired) electrons. The third-order valence-corrected chi connectivity index (χ3v) is 2.50. The molecule has 3 nitrogen and oxygen atoms in total. The van der Waals surface area contributed by atoms with Gasteiger partial charge >= 0.3 is 0 Å². The van der Waals surface area contributed by atoms with Gasteiger partial charge in [0, 0.05) is 25.0 Å². The molecule has 12 heavy (non-hydrogen) atoms. The second kappa shape index (κ2) is 2.90. The Morgan fingerprint density at radius 2 is 2.58 bits per heavy atom. The third kappa shape index (κ3) is 1.05. The fourth-order valence-electron chi connectivity index (χ4n) is 1.80. The first-order chi connectivity index (χ1) is 5.83.